The molecule has 0 aliphatic rings. The van der Waals surface area contributed by atoms with Crippen LogP contribution in [0, 0.1) is 0 Å². The van der Waals surface area contributed by atoms with E-state index >= 15 is 0 Å². The average Bonchev–Trinajstić information content (AvgIpc) is 2.37. The number of carboxylic acids is 1. The quantitative estimate of drug-likeness (QED) is 0.288. The molecule has 2 N–H and O–H groups in total. The van der Waals surface area contributed by atoms with Crippen molar-refractivity contribution in [1.82, 2.24) is 0 Å². The fourth-order valence-electron chi connectivity index (χ4n) is 3.03. The maximum absolute atomic E-state index is 11.0. The first-order chi connectivity index (χ1) is 10.7. The summed E-state index contributed by atoms with van der Waals surface area (Å²) >= 11 is 0. The Morgan fingerprint density at radius 1 is 1.00 bits per heavy atom. The van der Waals surface area contributed by atoms with E-state index in [1.165, 1.54) is 25.7 Å². The number of hydrogen-bond acceptors (Lipinski definition) is 2. The third-order valence-corrected chi connectivity index (χ3v) is 3.90. The van der Waals surface area contributed by atoms with Crippen molar-refractivity contribution in [3.8, 4) is 0 Å². The van der Waals surface area contributed by atoms with Gasteiger partial charge in [0.1, 0.15) is 12.1 Å². The normalized spacial score (nSPS) is 15.0. The molecule has 0 radical (unpaired) electrons. The zero-order valence-electron chi connectivity index (χ0n) is 15.7. The lowest BCUT2D eigenvalue weighted by Crippen LogP contribution is -2.50. The molecule has 0 aromatic rings. The molecule has 0 aromatic heterocycles. The van der Waals surface area contributed by atoms with E-state index in [0.717, 1.165) is 25.7 Å². The van der Waals surface area contributed by atoms with Gasteiger partial charge in [-0.2, -0.15) is 0 Å². The van der Waals surface area contributed by atoms with Gasteiger partial charge in [0, 0.05) is 0 Å². The Hall–Kier alpha value is -0.870. The van der Waals surface area contributed by atoms with E-state index in [9.17, 15) is 9.90 Å². The Balaban J connectivity index is 3.99. The van der Waals surface area contributed by atoms with Crippen molar-refractivity contribution < 1.29 is 19.5 Å². The lowest BCUT2D eigenvalue weighted by atomic mass is 9.91. The summed E-state index contributed by atoms with van der Waals surface area (Å²) < 4.78 is 0.571. The van der Waals surface area contributed by atoms with Crippen LogP contribution in [0.3, 0.4) is 0 Å². The summed E-state index contributed by atoms with van der Waals surface area (Å²) in [5.74, 6) is -0.923. The lowest BCUT2D eigenvalue weighted by Gasteiger charge is -2.34. The first-order valence-corrected chi connectivity index (χ1v) is 9.08. The fourth-order valence-corrected chi connectivity index (χ4v) is 3.03. The third kappa shape index (κ3) is 14.5. The number of allylic oxidation sites excluding steroid dienone is 2. The maximum Gasteiger partial charge on any atom is 0.306 e. The van der Waals surface area contributed by atoms with Crippen molar-refractivity contribution in [2.75, 3.05) is 27.7 Å². The first-order valence-electron chi connectivity index (χ1n) is 9.08. The molecule has 0 aliphatic heterocycles. The largest absolute Gasteiger partial charge is 0.481 e. The summed E-state index contributed by atoms with van der Waals surface area (Å²) in [4.78, 5) is 11.0. The first kappa shape index (κ1) is 22.1. The number of aliphatic carboxylic acids is 1. The predicted molar refractivity (Wildman–Crippen MR) is 96.5 cm³/mol. The molecule has 4 heteroatoms. The molecule has 0 saturated heterocycles. The number of quaternary nitrogens is 1. The van der Waals surface area contributed by atoms with E-state index in [0.29, 0.717) is 17.4 Å². The second-order valence-corrected chi connectivity index (χ2v) is 7.81. The molecule has 0 spiro atoms. The van der Waals surface area contributed by atoms with Crippen LogP contribution in [0.1, 0.15) is 71.1 Å². The van der Waals surface area contributed by atoms with Gasteiger partial charge in [-0.3, -0.25) is 4.79 Å². The number of aliphatic hydroxyl groups is 1. The molecule has 1 unspecified atom stereocenters. The molecule has 136 valence electrons. The van der Waals surface area contributed by atoms with Crippen LogP contribution in [-0.4, -0.2) is 54.0 Å². The Morgan fingerprint density at radius 3 is 2.04 bits per heavy atom. The highest BCUT2D eigenvalue weighted by Gasteiger charge is 2.35. The molecule has 0 rings (SSSR count). The Bertz CT molecular complexity index is 347. The van der Waals surface area contributed by atoms with Gasteiger partial charge in [-0.25, -0.2) is 0 Å². The van der Waals surface area contributed by atoms with Gasteiger partial charge in [0.2, 0.25) is 0 Å². The SMILES string of the molecule is CCCCCCC=CCCCCC(O)(CC(=O)O)C[N+](C)(C)C. The topological polar surface area (TPSA) is 57.5 Å². The smallest absolute Gasteiger partial charge is 0.306 e. The Labute approximate surface area is 142 Å². The molecule has 4 nitrogen and oxygen atoms in total. The van der Waals surface area contributed by atoms with Gasteiger partial charge >= 0.3 is 5.97 Å². The van der Waals surface area contributed by atoms with E-state index in [4.69, 9.17) is 5.11 Å². The van der Waals surface area contributed by atoms with Crippen LogP contribution < -0.4 is 0 Å². The highest BCUT2D eigenvalue weighted by atomic mass is 16.4. The standard InChI is InChI=1S/C19H37NO3/c1-5-6-7-8-9-10-11-12-13-14-15-19(23,16-18(21)22)17-20(2,3)4/h10-11,23H,5-9,12-17H2,1-4H3/p+1. The summed E-state index contributed by atoms with van der Waals surface area (Å²) in [6, 6.07) is 0. The van der Waals surface area contributed by atoms with E-state index < -0.39 is 11.6 Å². The summed E-state index contributed by atoms with van der Waals surface area (Å²) in [7, 11) is 5.94. The van der Waals surface area contributed by atoms with Crippen LogP contribution in [0.2, 0.25) is 0 Å². The monoisotopic (exact) mass is 328 g/mol. The molecule has 0 saturated carbocycles. The summed E-state index contributed by atoms with van der Waals surface area (Å²) in [6.07, 6.45) is 14.1. The molecule has 0 bridgehead atoms. The summed E-state index contributed by atoms with van der Waals surface area (Å²) in [5.41, 5.74) is -1.10. The van der Waals surface area contributed by atoms with Gasteiger partial charge in [-0.1, -0.05) is 44.8 Å². The van der Waals surface area contributed by atoms with Crippen LogP contribution in [-0.2, 0) is 4.79 Å². The second kappa shape index (κ2) is 11.6. The zero-order chi connectivity index (χ0) is 17.8. The van der Waals surface area contributed by atoms with E-state index in [-0.39, 0.29) is 6.42 Å². The number of hydrogen-bond donors (Lipinski definition) is 2. The molecular formula is C19H38NO3+. The highest BCUT2D eigenvalue weighted by molar-refractivity contribution is 5.68. The summed E-state index contributed by atoms with van der Waals surface area (Å²) in [5, 5.41) is 19.7. The molecule has 0 heterocycles. The van der Waals surface area contributed by atoms with Crippen LogP contribution in [0.25, 0.3) is 0 Å². The van der Waals surface area contributed by atoms with E-state index in [1.54, 1.807) is 0 Å². The number of likely N-dealkylation sites (N-methyl/N-ethyl adjacent to an activating group) is 1. The van der Waals surface area contributed by atoms with Gasteiger partial charge in [-0.15, -0.1) is 0 Å². The molecule has 0 amide bonds. The van der Waals surface area contributed by atoms with Crippen molar-refractivity contribution in [3.63, 3.8) is 0 Å². The number of rotatable bonds is 14. The summed E-state index contributed by atoms with van der Waals surface area (Å²) in [6.45, 7) is 2.69. The second-order valence-electron chi connectivity index (χ2n) is 7.81. The van der Waals surface area contributed by atoms with Crippen molar-refractivity contribution in [2.45, 2.75) is 76.7 Å². The predicted octanol–water partition coefficient (Wildman–Crippen LogP) is 3.99. The zero-order valence-corrected chi connectivity index (χ0v) is 15.7. The number of nitrogens with zero attached hydrogens (tertiary/aromatic N) is 1. The van der Waals surface area contributed by atoms with Crippen LogP contribution in [0.5, 0.6) is 0 Å². The molecular weight excluding hydrogens is 290 g/mol. The molecule has 23 heavy (non-hydrogen) atoms. The number of carbonyl (C=O) groups is 1. The minimum Gasteiger partial charge on any atom is -0.481 e. The van der Waals surface area contributed by atoms with Crippen LogP contribution >= 0.6 is 0 Å². The maximum atomic E-state index is 11.0. The van der Waals surface area contributed by atoms with Gasteiger partial charge in [0.15, 0.2) is 0 Å². The Kier molecular flexibility index (Phi) is 11.2. The van der Waals surface area contributed by atoms with Crippen molar-refractivity contribution in [1.29, 1.82) is 0 Å². The number of carboxylic acid groups (broad SMARTS) is 1. The van der Waals surface area contributed by atoms with Crippen molar-refractivity contribution in [2.24, 2.45) is 0 Å². The third-order valence-electron chi connectivity index (χ3n) is 3.90. The van der Waals surface area contributed by atoms with Gasteiger partial charge in [-0.05, 0) is 32.1 Å². The molecule has 1 atom stereocenters. The lowest BCUT2D eigenvalue weighted by molar-refractivity contribution is -0.877. The van der Waals surface area contributed by atoms with E-state index in [2.05, 4.69) is 19.1 Å². The number of unbranched alkanes of at least 4 members (excludes halogenated alkanes) is 6. The average molecular weight is 329 g/mol. The minimum atomic E-state index is -1.10. The molecule has 0 aromatic carbocycles. The molecule has 0 aliphatic carbocycles. The van der Waals surface area contributed by atoms with Crippen LogP contribution in [0.4, 0.5) is 0 Å². The van der Waals surface area contributed by atoms with Gasteiger partial charge < -0.3 is 14.7 Å². The van der Waals surface area contributed by atoms with Crippen LogP contribution in [0.15, 0.2) is 12.2 Å². The van der Waals surface area contributed by atoms with Crippen molar-refractivity contribution >= 4 is 5.97 Å². The van der Waals surface area contributed by atoms with Gasteiger partial charge in [0.05, 0.1) is 27.6 Å². The van der Waals surface area contributed by atoms with Crippen molar-refractivity contribution in [3.05, 3.63) is 12.2 Å². The van der Waals surface area contributed by atoms with Gasteiger partial charge in [0.25, 0.3) is 0 Å². The highest BCUT2D eigenvalue weighted by Crippen LogP contribution is 2.22. The minimum absolute atomic E-state index is 0.171. The Morgan fingerprint density at radius 2 is 1.57 bits per heavy atom. The fraction of sp³-hybridized carbons (Fsp3) is 0.842. The molecule has 0 fully saturated rings. The van der Waals surface area contributed by atoms with E-state index in [1.807, 2.05) is 21.1 Å².